The van der Waals surface area contributed by atoms with Crippen molar-refractivity contribution in [2.24, 2.45) is 7.05 Å². The second-order valence-electron chi connectivity index (χ2n) is 4.44. The van der Waals surface area contributed by atoms with Crippen molar-refractivity contribution in [1.82, 2.24) is 9.78 Å². The Kier molecular flexibility index (Phi) is 3.51. The number of anilines is 1. The second-order valence-corrected chi connectivity index (χ2v) is 5.63. The summed E-state index contributed by atoms with van der Waals surface area (Å²) in [7, 11) is 1.68. The highest BCUT2D eigenvalue weighted by Crippen LogP contribution is 2.39. The lowest BCUT2D eigenvalue weighted by molar-refractivity contribution is 0.552. The number of benzene rings is 1. The third kappa shape index (κ3) is 2.34. The van der Waals surface area contributed by atoms with Gasteiger partial charge in [0.2, 0.25) is 0 Å². The van der Waals surface area contributed by atoms with Crippen LogP contribution in [0, 0.1) is 5.82 Å². The van der Waals surface area contributed by atoms with E-state index in [1.165, 1.54) is 10.7 Å². The summed E-state index contributed by atoms with van der Waals surface area (Å²) in [5.41, 5.74) is 7.24. The van der Waals surface area contributed by atoms with Gasteiger partial charge < -0.3 is 10.2 Å². The van der Waals surface area contributed by atoms with Crippen LogP contribution in [-0.4, -0.2) is 9.78 Å². The van der Waals surface area contributed by atoms with Crippen molar-refractivity contribution in [1.29, 1.82) is 0 Å². The fraction of sp³-hybridized carbons (Fsp3) is 0.0714. The average Bonchev–Trinajstić information content (AvgIpc) is 2.99. The maximum atomic E-state index is 14.3. The van der Waals surface area contributed by atoms with Crippen LogP contribution in [0.15, 0.2) is 39.4 Å². The third-order valence-corrected chi connectivity index (χ3v) is 3.84. The average molecular weight is 371 g/mol. The van der Waals surface area contributed by atoms with Crippen molar-refractivity contribution in [2.75, 3.05) is 5.73 Å². The van der Waals surface area contributed by atoms with Crippen LogP contribution in [0.3, 0.4) is 0 Å². The van der Waals surface area contributed by atoms with E-state index in [4.69, 9.17) is 21.8 Å². The highest BCUT2D eigenvalue weighted by atomic mass is 79.9. The number of furan rings is 1. The van der Waals surface area contributed by atoms with Gasteiger partial charge in [-0.2, -0.15) is 5.10 Å². The smallest absolute Gasteiger partial charge is 0.169 e. The number of nitrogens with zero attached hydrogens (tertiary/aromatic N) is 2. The van der Waals surface area contributed by atoms with Gasteiger partial charge in [0.15, 0.2) is 10.4 Å². The van der Waals surface area contributed by atoms with Gasteiger partial charge in [0.05, 0.1) is 10.6 Å². The lowest BCUT2D eigenvalue weighted by Gasteiger charge is -2.05. The molecule has 0 unspecified atom stereocenters. The van der Waals surface area contributed by atoms with Crippen molar-refractivity contribution in [2.45, 2.75) is 0 Å². The minimum atomic E-state index is -0.536. The Morgan fingerprint density at radius 3 is 2.76 bits per heavy atom. The van der Waals surface area contributed by atoms with E-state index in [0.717, 1.165) is 0 Å². The van der Waals surface area contributed by atoms with Gasteiger partial charge in [-0.05, 0) is 34.1 Å². The fourth-order valence-corrected chi connectivity index (χ4v) is 2.59. The summed E-state index contributed by atoms with van der Waals surface area (Å²) in [6.07, 6.45) is 0. The molecule has 0 spiro atoms. The molecule has 3 aromatic rings. The van der Waals surface area contributed by atoms with Crippen LogP contribution in [0.25, 0.3) is 22.6 Å². The summed E-state index contributed by atoms with van der Waals surface area (Å²) in [4.78, 5) is 0. The molecule has 2 N–H and O–H groups in total. The molecule has 2 heterocycles. The van der Waals surface area contributed by atoms with E-state index in [2.05, 4.69) is 21.0 Å². The number of aromatic nitrogens is 2. The predicted molar refractivity (Wildman–Crippen MR) is 83.4 cm³/mol. The van der Waals surface area contributed by atoms with Gasteiger partial charge in [-0.3, -0.25) is 4.68 Å². The van der Waals surface area contributed by atoms with E-state index >= 15 is 0 Å². The Morgan fingerprint density at radius 1 is 1.33 bits per heavy atom. The van der Waals surface area contributed by atoms with E-state index < -0.39 is 5.82 Å². The Morgan fingerprint density at radius 2 is 2.10 bits per heavy atom. The van der Waals surface area contributed by atoms with Crippen molar-refractivity contribution < 1.29 is 8.81 Å². The van der Waals surface area contributed by atoms with Crippen molar-refractivity contribution in [3.8, 4) is 22.6 Å². The number of aryl methyl sites for hydroxylation is 1. The SMILES string of the molecule is Cn1nc(-c2ccc(Br)o2)c(-c2cccc(Cl)c2F)c1N. The molecule has 1 aromatic carbocycles. The maximum Gasteiger partial charge on any atom is 0.169 e. The number of rotatable bonds is 2. The Labute approximate surface area is 133 Å². The summed E-state index contributed by atoms with van der Waals surface area (Å²) in [5.74, 6) is 0.285. The zero-order valence-electron chi connectivity index (χ0n) is 10.9. The molecule has 0 saturated carbocycles. The molecule has 0 aliphatic rings. The van der Waals surface area contributed by atoms with Gasteiger partial charge in [-0.1, -0.05) is 23.7 Å². The maximum absolute atomic E-state index is 14.3. The summed E-state index contributed by atoms with van der Waals surface area (Å²) in [5, 5.41) is 4.34. The standard InChI is InChI=1S/C14H10BrClFN3O/c1-20-14(18)11(7-3-2-4-8(16)12(7)17)13(19-20)9-5-6-10(15)21-9/h2-6H,18H2,1H3. The van der Waals surface area contributed by atoms with E-state index in [-0.39, 0.29) is 10.6 Å². The first-order chi connectivity index (χ1) is 9.99. The molecule has 0 saturated heterocycles. The molecule has 21 heavy (non-hydrogen) atoms. The van der Waals surface area contributed by atoms with Crippen LogP contribution >= 0.6 is 27.5 Å². The lowest BCUT2D eigenvalue weighted by atomic mass is 10.0. The molecule has 0 aliphatic heterocycles. The molecule has 108 valence electrons. The molecular formula is C14H10BrClFN3O. The van der Waals surface area contributed by atoms with Gasteiger partial charge in [-0.15, -0.1) is 0 Å². The second kappa shape index (κ2) is 5.20. The molecule has 3 rings (SSSR count). The van der Waals surface area contributed by atoms with E-state index in [1.54, 1.807) is 31.3 Å². The fourth-order valence-electron chi connectivity index (χ4n) is 2.11. The number of hydrogen-bond donors (Lipinski definition) is 1. The zero-order chi connectivity index (χ0) is 15.1. The highest BCUT2D eigenvalue weighted by Gasteiger charge is 2.23. The van der Waals surface area contributed by atoms with E-state index in [1.807, 2.05) is 0 Å². The van der Waals surface area contributed by atoms with Crippen LogP contribution in [0.2, 0.25) is 5.02 Å². The first-order valence-corrected chi connectivity index (χ1v) is 7.18. The Balaban J connectivity index is 2.29. The first kappa shape index (κ1) is 14.2. The summed E-state index contributed by atoms with van der Waals surface area (Å²) in [6, 6.07) is 8.22. The highest BCUT2D eigenvalue weighted by molar-refractivity contribution is 9.10. The Hall–Kier alpha value is -1.79. The monoisotopic (exact) mass is 369 g/mol. The normalized spacial score (nSPS) is 11.0. The van der Waals surface area contributed by atoms with Gasteiger partial charge >= 0.3 is 0 Å². The number of nitrogens with two attached hydrogens (primary N) is 1. The predicted octanol–water partition coefficient (Wildman–Crippen LogP) is 4.48. The van der Waals surface area contributed by atoms with Gasteiger partial charge in [-0.25, -0.2) is 4.39 Å². The molecule has 4 nitrogen and oxygen atoms in total. The summed E-state index contributed by atoms with van der Waals surface area (Å²) < 4.78 is 21.8. The third-order valence-electron chi connectivity index (χ3n) is 3.12. The van der Waals surface area contributed by atoms with Crippen LogP contribution in [-0.2, 0) is 7.05 Å². The molecule has 0 fully saturated rings. The van der Waals surface area contributed by atoms with E-state index in [0.29, 0.717) is 27.5 Å². The van der Waals surface area contributed by atoms with Crippen LogP contribution < -0.4 is 5.73 Å². The van der Waals surface area contributed by atoms with Crippen molar-refractivity contribution in [3.63, 3.8) is 0 Å². The van der Waals surface area contributed by atoms with Crippen molar-refractivity contribution in [3.05, 3.63) is 45.8 Å². The quantitative estimate of drug-likeness (QED) is 0.723. The van der Waals surface area contributed by atoms with E-state index in [9.17, 15) is 4.39 Å². The van der Waals surface area contributed by atoms with Crippen molar-refractivity contribution >= 4 is 33.3 Å². The van der Waals surface area contributed by atoms with Gasteiger partial charge in [0.25, 0.3) is 0 Å². The molecular weight excluding hydrogens is 361 g/mol. The van der Waals surface area contributed by atoms with Crippen LogP contribution in [0.5, 0.6) is 0 Å². The topological polar surface area (TPSA) is 57.0 Å². The largest absolute Gasteiger partial charge is 0.448 e. The summed E-state index contributed by atoms with van der Waals surface area (Å²) >= 11 is 9.09. The summed E-state index contributed by atoms with van der Waals surface area (Å²) in [6.45, 7) is 0. The van der Waals surface area contributed by atoms with Crippen LogP contribution in [0.4, 0.5) is 10.2 Å². The molecule has 0 bridgehead atoms. The van der Waals surface area contributed by atoms with Crippen LogP contribution in [0.1, 0.15) is 0 Å². The molecule has 0 amide bonds. The molecule has 0 aliphatic carbocycles. The van der Waals surface area contributed by atoms with Gasteiger partial charge in [0.1, 0.15) is 17.3 Å². The zero-order valence-corrected chi connectivity index (χ0v) is 13.2. The number of hydrogen-bond acceptors (Lipinski definition) is 3. The molecule has 0 atom stereocenters. The Bertz CT molecular complexity index is 828. The minimum Gasteiger partial charge on any atom is -0.448 e. The number of halogens is 3. The molecule has 2 aromatic heterocycles. The number of nitrogen functional groups attached to an aromatic ring is 1. The first-order valence-electron chi connectivity index (χ1n) is 6.01. The molecule has 0 radical (unpaired) electrons. The lowest BCUT2D eigenvalue weighted by Crippen LogP contribution is -1.98. The van der Waals surface area contributed by atoms with Gasteiger partial charge in [0, 0.05) is 12.6 Å². The minimum absolute atomic E-state index is 0.0299. The molecule has 7 heteroatoms.